The van der Waals surface area contributed by atoms with Gasteiger partial charge in [-0.3, -0.25) is 9.59 Å². The predicted octanol–water partition coefficient (Wildman–Crippen LogP) is 3.34. The van der Waals surface area contributed by atoms with E-state index in [4.69, 9.17) is 11.6 Å². The second kappa shape index (κ2) is 6.29. The monoisotopic (exact) mass is 320 g/mol. The van der Waals surface area contributed by atoms with Crippen molar-refractivity contribution in [2.45, 2.75) is 32.6 Å². The largest absolute Gasteiger partial charge is 0.339 e. The molecule has 1 aromatic carbocycles. The van der Waals surface area contributed by atoms with E-state index in [0.717, 1.165) is 32.4 Å². The van der Waals surface area contributed by atoms with Crippen LogP contribution in [-0.4, -0.2) is 36.3 Å². The lowest BCUT2D eigenvalue weighted by molar-refractivity contribution is -0.117. The SMILES string of the molecule is CC1CCN(C(=O)c2ccc(Cl)cc2N2CCCC2=O)CC1. The lowest BCUT2D eigenvalue weighted by Crippen LogP contribution is -2.39. The number of carbonyl (C=O) groups is 2. The standard InChI is InChI=1S/C17H21ClN2O2/c1-12-6-9-19(10-7-12)17(22)14-5-4-13(18)11-15(14)20-8-2-3-16(20)21/h4-5,11-12H,2-3,6-10H2,1H3. The highest BCUT2D eigenvalue weighted by Gasteiger charge is 2.29. The maximum Gasteiger partial charge on any atom is 0.255 e. The highest BCUT2D eigenvalue weighted by Crippen LogP contribution is 2.30. The van der Waals surface area contributed by atoms with E-state index in [2.05, 4.69) is 6.92 Å². The number of amides is 2. The van der Waals surface area contributed by atoms with Gasteiger partial charge in [0.1, 0.15) is 0 Å². The first kappa shape index (κ1) is 15.3. The van der Waals surface area contributed by atoms with Gasteiger partial charge in [-0.1, -0.05) is 18.5 Å². The molecule has 0 spiro atoms. The maximum atomic E-state index is 12.8. The van der Waals surface area contributed by atoms with Crippen LogP contribution in [0.4, 0.5) is 5.69 Å². The van der Waals surface area contributed by atoms with E-state index in [1.165, 1.54) is 0 Å². The molecule has 0 unspecified atom stereocenters. The molecule has 0 radical (unpaired) electrons. The summed E-state index contributed by atoms with van der Waals surface area (Å²) >= 11 is 6.09. The molecule has 2 fully saturated rings. The molecular weight excluding hydrogens is 300 g/mol. The number of nitrogens with zero attached hydrogens (tertiary/aromatic N) is 2. The maximum absolute atomic E-state index is 12.8. The summed E-state index contributed by atoms with van der Waals surface area (Å²) in [5.41, 5.74) is 1.26. The van der Waals surface area contributed by atoms with E-state index in [1.54, 1.807) is 23.1 Å². The van der Waals surface area contributed by atoms with Gasteiger partial charge in [0.2, 0.25) is 5.91 Å². The summed E-state index contributed by atoms with van der Waals surface area (Å²) in [6, 6.07) is 5.22. The van der Waals surface area contributed by atoms with Gasteiger partial charge in [0, 0.05) is 31.1 Å². The molecule has 2 amide bonds. The highest BCUT2D eigenvalue weighted by molar-refractivity contribution is 6.31. The van der Waals surface area contributed by atoms with Crippen LogP contribution in [0.25, 0.3) is 0 Å². The van der Waals surface area contributed by atoms with E-state index in [9.17, 15) is 9.59 Å². The van der Waals surface area contributed by atoms with Crippen LogP contribution in [-0.2, 0) is 4.79 Å². The lowest BCUT2D eigenvalue weighted by atomic mass is 9.98. The molecule has 0 atom stereocenters. The molecule has 0 aromatic heterocycles. The molecule has 1 aromatic rings. The van der Waals surface area contributed by atoms with Crippen LogP contribution in [0.3, 0.4) is 0 Å². The summed E-state index contributed by atoms with van der Waals surface area (Å²) in [4.78, 5) is 28.5. The molecule has 5 heteroatoms. The van der Waals surface area contributed by atoms with Crippen molar-refractivity contribution in [1.29, 1.82) is 0 Å². The molecule has 2 aliphatic heterocycles. The number of rotatable bonds is 2. The first-order valence-electron chi connectivity index (χ1n) is 7.95. The van der Waals surface area contributed by atoms with Crippen molar-refractivity contribution in [3.8, 4) is 0 Å². The summed E-state index contributed by atoms with van der Waals surface area (Å²) < 4.78 is 0. The number of anilines is 1. The molecule has 0 aliphatic carbocycles. The number of piperidine rings is 1. The van der Waals surface area contributed by atoms with Crippen molar-refractivity contribution in [1.82, 2.24) is 4.90 Å². The van der Waals surface area contributed by atoms with E-state index < -0.39 is 0 Å². The Morgan fingerprint density at radius 2 is 1.95 bits per heavy atom. The van der Waals surface area contributed by atoms with Crippen LogP contribution in [0.1, 0.15) is 43.0 Å². The average molecular weight is 321 g/mol. The number of halogens is 1. The average Bonchev–Trinajstić information content (AvgIpc) is 2.93. The van der Waals surface area contributed by atoms with E-state index in [-0.39, 0.29) is 11.8 Å². The fourth-order valence-corrected chi connectivity index (χ4v) is 3.36. The van der Waals surface area contributed by atoms with Gasteiger partial charge in [0.25, 0.3) is 5.91 Å². The zero-order chi connectivity index (χ0) is 15.7. The topological polar surface area (TPSA) is 40.6 Å². The molecule has 3 rings (SSSR count). The Balaban J connectivity index is 1.89. The smallest absolute Gasteiger partial charge is 0.255 e. The molecule has 22 heavy (non-hydrogen) atoms. The number of hydrogen-bond donors (Lipinski definition) is 0. The first-order chi connectivity index (χ1) is 10.6. The molecule has 118 valence electrons. The van der Waals surface area contributed by atoms with Crippen LogP contribution < -0.4 is 4.90 Å². The van der Waals surface area contributed by atoms with Crippen molar-refractivity contribution in [2.75, 3.05) is 24.5 Å². The number of carbonyl (C=O) groups excluding carboxylic acids is 2. The molecule has 2 heterocycles. The summed E-state index contributed by atoms with van der Waals surface area (Å²) in [7, 11) is 0. The Bertz CT molecular complexity index is 594. The summed E-state index contributed by atoms with van der Waals surface area (Å²) in [5, 5.41) is 0.554. The Labute approximate surface area is 136 Å². The number of benzene rings is 1. The van der Waals surface area contributed by atoms with Gasteiger partial charge in [-0.05, 0) is 43.4 Å². The zero-order valence-electron chi connectivity index (χ0n) is 12.8. The summed E-state index contributed by atoms with van der Waals surface area (Å²) in [6.45, 7) is 4.46. The molecule has 0 bridgehead atoms. The van der Waals surface area contributed by atoms with E-state index in [1.807, 2.05) is 4.90 Å². The Hall–Kier alpha value is -1.55. The Morgan fingerprint density at radius 3 is 2.59 bits per heavy atom. The summed E-state index contributed by atoms with van der Waals surface area (Å²) in [6.07, 6.45) is 3.45. The van der Waals surface area contributed by atoms with Gasteiger partial charge in [0.05, 0.1) is 11.3 Å². The van der Waals surface area contributed by atoms with Crippen molar-refractivity contribution in [3.63, 3.8) is 0 Å². The Morgan fingerprint density at radius 1 is 1.23 bits per heavy atom. The lowest BCUT2D eigenvalue weighted by Gasteiger charge is -2.31. The molecule has 0 saturated carbocycles. The molecule has 2 aliphatic rings. The van der Waals surface area contributed by atoms with Crippen molar-refractivity contribution >= 4 is 29.1 Å². The van der Waals surface area contributed by atoms with Crippen LogP contribution in [0, 0.1) is 5.92 Å². The van der Waals surface area contributed by atoms with Gasteiger partial charge in [-0.25, -0.2) is 0 Å². The van der Waals surface area contributed by atoms with Crippen LogP contribution in [0.2, 0.25) is 5.02 Å². The molecule has 0 N–H and O–H groups in total. The minimum Gasteiger partial charge on any atom is -0.339 e. The second-order valence-corrected chi connectivity index (χ2v) is 6.72. The fraction of sp³-hybridized carbons (Fsp3) is 0.529. The van der Waals surface area contributed by atoms with Crippen molar-refractivity contribution in [2.24, 2.45) is 5.92 Å². The molecule has 2 saturated heterocycles. The third-order valence-electron chi connectivity index (χ3n) is 4.63. The van der Waals surface area contributed by atoms with Crippen molar-refractivity contribution < 1.29 is 9.59 Å². The van der Waals surface area contributed by atoms with Crippen molar-refractivity contribution in [3.05, 3.63) is 28.8 Å². The second-order valence-electron chi connectivity index (χ2n) is 6.29. The van der Waals surface area contributed by atoms with E-state index in [0.29, 0.717) is 35.2 Å². The Kier molecular flexibility index (Phi) is 4.39. The quantitative estimate of drug-likeness (QED) is 0.838. The molecule has 4 nitrogen and oxygen atoms in total. The van der Waals surface area contributed by atoms with Gasteiger partial charge in [-0.15, -0.1) is 0 Å². The first-order valence-corrected chi connectivity index (χ1v) is 8.33. The van der Waals surface area contributed by atoms with Crippen LogP contribution in [0.5, 0.6) is 0 Å². The van der Waals surface area contributed by atoms with Crippen LogP contribution in [0.15, 0.2) is 18.2 Å². The van der Waals surface area contributed by atoms with Gasteiger partial charge in [0.15, 0.2) is 0 Å². The fourth-order valence-electron chi connectivity index (χ4n) is 3.19. The van der Waals surface area contributed by atoms with Gasteiger partial charge in [-0.2, -0.15) is 0 Å². The minimum atomic E-state index is 0.0123. The number of hydrogen-bond acceptors (Lipinski definition) is 2. The number of likely N-dealkylation sites (tertiary alicyclic amines) is 1. The zero-order valence-corrected chi connectivity index (χ0v) is 13.6. The van der Waals surface area contributed by atoms with Gasteiger partial charge < -0.3 is 9.80 Å². The third-order valence-corrected chi connectivity index (χ3v) is 4.86. The summed E-state index contributed by atoms with van der Waals surface area (Å²) in [5.74, 6) is 0.760. The highest BCUT2D eigenvalue weighted by atomic mass is 35.5. The normalized spacial score (nSPS) is 19.8. The van der Waals surface area contributed by atoms with E-state index >= 15 is 0 Å². The molecular formula is C17H21ClN2O2. The van der Waals surface area contributed by atoms with Gasteiger partial charge >= 0.3 is 0 Å². The van der Waals surface area contributed by atoms with Crippen LogP contribution >= 0.6 is 11.6 Å². The minimum absolute atomic E-state index is 0.0123. The third kappa shape index (κ3) is 2.98. The predicted molar refractivity (Wildman–Crippen MR) is 87.3 cm³/mol.